The minimum Gasteiger partial charge on any atom is -0.443 e. The number of nitrogens with two attached hydrogens (primary N) is 1. The fraction of sp³-hybridized carbons (Fsp3) is 0.615. The lowest BCUT2D eigenvalue weighted by molar-refractivity contribution is 0.0892. The Balaban J connectivity index is 2.02. The molecule has 1 fully saturated rings. The van der Waals surface area contributed by atoms with E-state index < -0.39 is 15.9 Å². The monoisotopic (exact) mass is 378 g/mol. The van der Waals surface area contributed by atoms with Gasteiger partial charge in [-0.15, -0.1) is 0 Å². The Bertz CT molecular complexity index is 618. The summed E-state index contributed by atoms with van der Waals surface area (Å²) in [5, 5.41) is 7.92. The summed E-state index contributed by atoms with van der Waals surface area (Å²) >= 11 is 2.96. The normalized spacial score (nSPS) is 23.0. The van der Waals surface area contributed by atoms with Crippen LogP contribution in [0.3, 0.4) is 0 Å². The van der Waals surface area contributed by atoms with Crippen molar-refractivity contribution < 1.29 is 17.6 Å². The van der Waals surface area contributed by atoms with Crippen LogP contribution in [0.25, 0.3) is 0 Å². The van der Waals surface area contributed by atoms with Crippen LogP contribution in [0.5, 0.6) is 0 Å². The maximum atomic E-state index is 12.1. The number of amides is 1. The fourth-order valence-corrected chi connectivity index (χ4v) is 4.13. The summed E-state index contributed by atoms with van der Waals surface area (Å²) in [4.78, 5) is 11.9. The second-order valence-electron chi connectivity index (χ2n) is 5.39. The molecule has 1 aromatic rings. The van der Waals surface area contributed by atoms with Gasteiger partial charge >= 0.3 is 0 Å². The Morgan fingerprint density at radius 2 is 2.05 bits per heavy atom. The molecular weight excluding hydrogens is 360 g/mol. The zero-order valence-corrected chi connectivity index (χ0v) is 14.2. The molecule has 1 heterocycles. The largest absolute Gasteiger partial charge is 0.443 e. The molecule has 0 atom stereocenters. The van der Waals surface area contributed by atoms with Crippen molar-refractivity contribution in [3.8, 4) is 0 Å². The molecular formula is C13H19BrN2O4S. The third-order valence-electron chi connectivity index (χ3n) is 3.95. The molecule has 21 heavy (non-hydrogen) atoms. The number of carbonyl (C=O) groups is 1. The summed E-state index contributed by atoms with van der Waals surface area (Å²) in [5.74, 6) is 0.277. The molecule has 1 aromatic heterocycles. The third kappa shape index (κ3) is 4.08. The molecule has 1 saturated carbocycles. The summed E-state index contributed by atoms with van der Waals surface area (Å²) in [7, 11) is -3.91. The van der Waals surface area contributed by atoms with Gasteiger partial charge in [0.15, 0.2) is 10.4 Å². The van der Waals surface area contributed by atoms with Crippen molar-refractivity contribution >= 4 is 31.9 Å². The highest BCUT2D eigenvalue weighted by atomic mass is 79.9. The van der Waals surface area contributed by atoms with Gasteiger partial charge in [0.1, 0.15) is 4.90 Å². The van der Waals surface area contributed by atoms with Crippen LogP contribution in [0.2, 0.25) is 0 Å². The van der Waals surface area contributed by atoms with E-state index >= 15 is 0 Å². The Morgan fingerprint density at radius 3 is 2.52 bits per heavy atom. The highest BCUT2D eigenvalue weighted by Gasteiger charge is 2.25. The van der Waals surface area contributed by atoms with Crippen molar-refractivity contribution in [1.29, 1.82) is 0 Å². The second-order valence-corrected chi connectivity index (χ2v) is 7.64. The van der Waals surface area contributed by atoms with E-state index in [0.29, 0.717) is 0 Å². The molecule has 1 amide bonds. The molecule has 0 saturated heterocycles. The summed E-state index contributed by atoms with van der Waals surface area (Å²) in [6.45, 7) is 2.18. The van der Waals surface area contributed by atoms with Crippen molar-refractivity contribution in [3.63, 3.8) is 0 Å². The van der Waals surface area contributed by atoms with E-state index in [1.165, 1.54) is 6.42 Å². The average Bonchev–Trinajstić information content (AvgIpc) is 2.82. The number of furan rings is 1. The Kier molecular flexibility index (Phi) is 5.11. The van der Waals surface area contributed by atoms with Crippen LogP contribution >= 0.6 is 15.9 Å². The number of rotatable bonds is 4. The predicted molar refractivity (Wildman–Crippen MR) is 81.3 cm³/mol. The summed E-state index contributed by atoms with van der Waals surface area (Å²) < 4.78 is 27.7. The highest BCUT2D eigenvalue weighted by molar-refractivity contribution is 9.10. The first kappa shape index (κ1) is 16.5. The van der Waals surface area contributed by atoms with Crippen LogP contribution in [0, 0.1) is 5.92 Å². The van der Waals surface area contributed by atoms with Gasteiger partial charge in [-0.2, -0.15) is 0 Å². The number of sulfonamides is 1. The average molecular weight is 379 g/mol. The van der Waals surface area contributed by atoms with Crippen LogP contribution in [0.4, 0.5) is 0 Å². The molecule has 0 radical (unpaired) electrons. The van der Waals surface area contributed by atoms with Crippen molar-refractivity contribution in [2.45, 2.75) is 50.0 Å². The number of nitrogens with one attached hydrogen (secondary N) is 1. The fourth-order valence-electron chi connectivity index (χ4n) is 2.63. The first-order chi connectivity index (χ1) is 9.81. The molecule has 1 aliphatic rings. The Hall–Kier alpha value is -0.860. The molecule has 0 unspecified atom stereocenters. The zero-order valence-electron chi connectivity index (χ0n) is 11.8. The quantitative estimate of drug-likeness (QED) is 0.839. The first-order valence-corrected chi connectivity index (χ1v) is 9.28. The van der Waals surface area contributed by atoms with Gasteiger partial charge in [0, 0.05) is 12.1 Å². The lowest BCUT2D eigenvalue weighted by atomic mass is 9.84. The van der Waals surface area contributed by atoms with Crippen LogP contribution in [-0.4, -0.2) is 20.4 Å². The van der Waals surface area contributed by atoms with Crippen LogP contribution in [0.15, 0.2) is 20.0 Å². The molecule has 0 spiro atoms. The Morgan fingerprint density at radius 1 is 1.43 bits per heavy atom. The number of hydrogen-bond acceptors (Lipinski definition) is 4. The van der Waals surface area contributed by atoms with E-state index in [0.717, 1.165) is 37.7 Å². The zero-order chi connectivity index (χ0) is 15.6. The lowest BCUT2D eigenvalue weighted by Crippen LogP contribution is -2.37. The summed E-state index contributed by atoms with van der Waals surface area (Å²) in [6, 6.07) is 1.26. The standard InChI is InChI=1S/C13H19BrN2O4S/c1-2-8-3-5-9(6-4-8)16-13(17)10-7-11(12(14)20-10)21(15,18)19/h7-9H,2-6H2,1H3,(H,16,17)(H2,15,18,19). The van der Waals surface area contributed by atoms with Gasteiger partial charge in [0.05, 0.1) is 0 Å². The van der Waals surface area contributed by atoms with Crippen molar-refractivity contribution in [2.24, 2.45) is 11.1 Å². The molecule has 118 valence electrons. The molecule has 0 aliphatic heterocycles. The van der Waals surface area contributed by atoms with Gasteiger partial charge in [-0.1, -0.05) is 13.3 Å². The molecule has 8 heteroatoms. The van der Waals surface area contributed by atoms with Gasteiger partial charge in [0.2, 0.25) is 10.0 Å². The topological polar surface area (TPSA) is 102 Å². The molecule has 0 bridgehead atoms. The first-order valence-electron chi connectivity index (χ1n) is 6.94. The highest BCUT2D eigenvalue weighted by Crippen LogP contribution is 2.28. The lowest BCUT2D eigenvalue weighted by Gasteiger charge is -2.28. The van der Waals surface area contributed by atoms with Gasteiger partial charge in [-0.25, -0.2) is 13.6 Å². The maximum Gasteiger partial charge on any atom is 0.287 e. The molecule has 1 aliphatic carbocycles. The number of primary sulfonamides is 1. The summed E-state index contributed by atoms with van der Waals surface area (Å²) in [5.41, 5.74) is 0. The third-order valence-corrected chi connectivity index (χ3v) is 5.71. The summed E-state index contributed by atoms with van der Waals surface area (Å²) in [6.07, 6.45) is 5.25. The maximum absolute atomic E-state index is 12.1. The van der Waals surface area contributed by atoms with Gasteiger partial charge in [0.25, 0.3) is 5.91 Å². The molecule has 3 N–H and O–H groups in total. The van der Waals surface area contributed by atoms with E-state index in [1.54, 1.807) is 0 Å². The van der Waals surface area contributed by atoms with Crippen molar-refractivity contribution in [3.05, 3.63) is 16.5 Å². The molecule has 0 aromatic carbocycles. The SMILES string of the molecule is CCC1CCC(NC(=O)c2cc(S(N)(=O)=O)c(Br)o2)CC1. The van der Waals surface area contributed by atoms with E-state index in [4.69, 9.17) is 9.56 Å². The minimum atomic E-state index is -3.91. The smallest absolute Gasteiger partial charge is 0.287 e. The number of halogens is 1. The predicted octanol–water partition coefficient (Wildman–Crippen LogP) is 2.39. The second kappa shape index (κ2) is 6.50. The van der Waals surface area contributed by atoms with E-state index in [1.807, 2.05) is 0 Å². The van der Waals surface area contributed by atoms with Crippen LogP contribution < -0.4 is 10.5 Å². The number of hydrogen-bond donors (Lipinski definition) is 2. The number of carbonyl (C=O) groups excluding carboxylic acids is 1. The van der Waals surface area contributed by atoms with Gasteiger partial charge in [-0.3, -0.25) is 4.79 Å². The Labute approximate surface area is 132 Å². The molecule has 6 nitrogen and oxygen atoms in total. The van der Waals surface area contributed by atoms with Crippen molar-refractivity contribution in [2.75, 3.05) is 0 Å². The minimum absolute atomic E-state index is 0.0511. The van der Waals surface area contributed by atoms with Crippen molar-refractivity contribution in [1.82, 2.24) is 5.32 Å². The molecule has 2 rings (SSSR count). The van der Waals surface area contributed by atoms with Crippen LogP contribution in [0.1, 0.15) is 49.6 Å². The van der Waals surface area contributed by atoms with Gasteiger partial charge in [-0.05, 0) is 47.5 Å². The van der Waals surface area contributed by atoms with Gasteiger partial charge < -0.3 is 9.73 Å². The van der Waals surface area contributed by atoms with E-state index in [9.17, 15) is 13.2 Å². The van der Waals surface area contributed by atoms with E-state index in [2.05, 4.69) is 28.2 Å². The van der Waals surface area contributed by atoms with E-state index in [-0.39, 0.29) is 21.4 Å². The van der Waals surface area contributed by atoms with Crippen LogP contribution in [-0.2, 0) is 10.0 Å².